The zero-order valence-corrected chi connectivity index (χ0v) is 12.4. The Morgan fingerprint density at radius 2 is 1.95 bits per heavy atom. The molecule has 0 spiro atoms. The predicted octanol–water partition coefficient (Wildman–Crippen LogP) is 4.37. The van der Waals surface area contributed by atoms with Crippen molar-refractivity contribution in [2.24, 2.45) is 5.73 Å². The fourth-order valence-electron chi connectivity index (χ4n) is 2.09. The Morgan fingerprint density at radius 1 is 1.15 bits per heavy atom. The summed E-state index contributed by atoms with van der Waals surface area (Å²) in [5, 5.41) is 0.745. The molecule has 0 aliphatic rings. The average Bonchev–Trinajstić information content (AvgIpc) is 2.45. The van der Waals surface area contributed by atoms with E-state index in [2.05, 4.69) is 6.92 Å². The molecule has 0 saturated carbocycles. The Bertz CT molecular complexity index is 556. The highest BCUT2D eigenvalue weighted by molar-refractivity contribution is 6.30. The highest BCUT2D eigenvalue weighted by Crippen LogP contribution is 2.22. The number of ether oxygens (including phenoxy) is 1. The smallest absolute Gasteiger partial charge is 0.119 e. The van der Waals surface area contributed by atoms with Crippen LogP contribution >= 0.6 is 11.6 Å². The van der Waals surface area contributed by atoms with Crippen molar-refractivity contribution in [2.75, 3.05) is 6.61 Å². The number of benzene rings is 2. The van der Waals surface area contributed by atoms with E-state index < -0.39 is 0 Å². The molecule has 0 amide bonds. The van der Waals surface area contributed by atoms with E-state index in [1.807, 2.05) is 48.5 Å². The molecule has 2 rings (SSSR count). The molecular formula is C17H20ClNO. The van der Waals surface area contributed by atoms with E-state index in [-0.39, 0.29) is 6.04 Å². The first-order valence-corrected chi connectivity index (χ1v) is 7.29. The summed E-state index contributed by atoms with van der Waals surface area (Å²) in [6.45, 7) is 2.82. The molecule has 0 fully saturated rings. The van der Waals surface area contributed by atoms with E-state index in [9.17, 15) is 0 Å². The van der Waals surface area contributed by atoms with Gasteiger partial charge in [-0.1, -0.05) is 42.8 Å². The number of hydrogen-bond acceptors (Lipinski definition) is 2. The zero-order chi connectivity index (χ0) is 14.4. The van der Waals surface area contributed by atoms with Crippen LogP contribution in [0.15, 0.2) is 48.5 Å². The minimum absolute atomic E-state index is 0.0568. The molecule has 106 valence electrons. The highest BCUT2D eigenvalue weighted by Gasteiger charge is 2.08. The van der Waals surface area contributed by atoms with Crippen LogP contribution in [0.5, 0.6) is 5.75 Å². The second kappa shape index (κ2) is 7.32. The van der Waals surface area contributed by atoms with Gasteiger partial charge in [-0.15, -0.1) is 0 Å². The van der Waals surface area contributed by atoms with Crippen LogP contribution in [0.25, 0.3) is 0 Å². The van der Waals surface area contributed by atoms with Crippen LogP contribution in [0.1, 0.15) is 30.5 Å². The lowest BCUT2D eigenvalue weighted by Crippen LogP contribution is -2.13. The van der Waals surface area contributed by atoms with Crippen molar-refractivity contribution in [3.05, 3.63) is 64.7 Å². The maximum absolute atomic E-state index is 6.28. The molecule has 1 atom stereocenters. The summed E-state index contributed by atoms with van der Waals surface area (Å²) in [7, 11) is 0. The van der Waals surface area contributed by atoms with E-state index >= 15 is 0 Å². The molecule has 0 aliphatic carbocycles. The summed E-state index contributed by atoms with van der Waals surface area (Å²) in [5.41, 5.74) is 8.50. The van der Waals surface area contributed by atoms with Gasteiger partial charge in [0.15, 0.2) is 0 Å². The summed E-state index contributed by atoms with van der Waals surface area (Å²) in [4.78, 5) is 0. The number of rotatable bonds is 6. The molecular weight excluding hydrogens is 270 g/mol. The van der Waals surface area contributed by atoms with Gasteiger partial charge in [0.25, 0.3) is 0 Å². The Hall–Kier alpha value is -1.51. The van der Waals surface area contributed by atoms with Crippen molar-refractivity contribution < 1.29 is 4.74 Å². The van der Waals surface area contributed by atoms with Crippen molar-refractivity contribution in [1.29, 1.82) is 0 Å². The third kappa shape index (κ3) is 4.26. The standard InChI is InChI=1S/C17H20ClNO/c1-2-9-20-16-8-4-6-14(12-16)17(19)11-13-5-3-7-15(18)10-13/h3-8,10,12,17H,2,9,11,19H2,1H3. The lowest BCUT2D eigenvalue weighted by molar-refractivity contribution is 0.317. The van der Waals surface area contributed by atoms with Gasteiger partial charge in [-0.2, -0.15) is 0 Å². The Balaban J connectivity index is 2.06. The third-order valence-corrected chi connectivity index (χ3v) is 3.34. The number of nitrogens with two attached hydrogens (primary N) is 1. The first-order chi connectivity index (χ1) is 9.69. The van der Waals surface area contributed by atoms with Gasteiger partial charge >= 0.3 is 0 Å². The summed E-state index contributed by atoms with van der Waals surface area (Å²) in [6, 6.07) is 15.8. The Kier molecular flexibility index (Phi) is 5.45. The van der Waals surface area contributed by atoms with Gasteiger partial charge < -0.3 is 10.5 Å². The van der Waals surface area contributed by atoms with Crippen LogP contribution in [0.4, 0.5) is 0 Å². The maximum Gasteiger partial charge on any atom is 0.119 e. The van der Waals surface area contributed by atoms with Crippen LogP contribution in [0.2, 0.25) is 5.02 Å². The topological polar surface area (TPSA) is 35.2 Å². The van der Waals surface area contributed by atoms with Crippen molar-refractivity contribution >= 4 is 11.6 Å². The van der Waals surface area contributed by atoms with Crippen LogP contribution in [-0.2, 0) is 6.42 Å². The molecule has 2 aromatic rings. The summed E-state index contributed by atoms with van der Waals surface area (Å²) in [5.74, 6) is 0.880. The minimum Gasteiger partial charge on any atom is -0.494 e. The molecule has 20 heavy (non-hydrogen) atoms. The Morgan fingerprint density at radius 3 is 2.70 bits per heavy atom. The second-order valence-electron chi connectivity index (χ2n) is 4.86. The predicted molar refractivity (Wildman–Crippen MR) is 84.3 cm³/mol. The van der Waals surface area contributed by atoms with Crippen molar-refractivity contribution in [1.82, 2.24) is 0 Å². The zero-order valence-electron chi connectivity index (χ0n) is 11.7. The van der Waals surface area contributed by atoms with Crippen LogP contribution in [0, 0.1) is 0 Å². The van der Waals surface area contributed by atoms with E-state index in [1.54, 1.807) is 0 Å². The lowest BCUT2D eigenvalue weighted by atomic mass is 9.99. The van der Waals surface area contributed by atoms with Gasteiger partial charge in [-0.05, 0) is 48.2 Å². The van der Waals surface area contributed by atoms with Gasteiger partial charge in [0, 0.05) is 11.1 Å². The van der Waals surface area contributed by atoms with Crippen LogP contribution < -0.4 is 10.5 Å². The minimum atomic E-state index is -0.0568. The lowest BCUT2D eigenvalue weighted by Gasteiger charge is -2.14. The highest BCUT2D eigenvalue weighted by atomic mass is 35.5. The molecule has 0 aromatic heterocycles. The van der Waals surface area contributed by atoms with Gasteiger partial charge in [0.2, 0.25) is 0 Å². The molecule has 2 nitrogen and oxygen atoms in total. The Labute approximate surface area is 125 Å². The first-order valence-electron chi connectivity index (χ1n) is 6.92. The number of halogens is 1. The molecule has 0 saturated heterocycles. The van der Waals surface area contributed by atoms with Gasteiger partial charge in [-0.3, -0.25) is 0 Å². The quantitative estimate of drug-likeness (QED) is 0.857. The largest absolute Gasteiger partial charge is 0.494 e. The van der Waals surface area contributed by atoms with Crippen LogP contribution in [0.3, 0.4) is 0 Å². The van der Waals surface area contributed by atoms with E-state index in [1.165, 1.54) is 0 Å². The molecule has 3 heteroatoms. The van der Waals surface area contributed by atoms with Gasteiger partial charge in [-0.25, -0.2) is 0 Å². The summed E-state index contributed by atoms with van der Waals surface area (Å²) < 4.78 is 5.64. The SMILES string of the molecule is CCCOc1cccc(C(N)Cc2cccc(Cl)c2)c1. The van der Waals surface area contributed by atoms with E-state index in [0.717, 1.165) is 41.3 Å². The van der Waals surface area contributed by atoms with Gasteiger partial charge in [0.05, 0.1) is 6.61 Å². The average molecular weight is 290 g/mol. The molecule has 0 aliphatic heterocycles. The van der Waals surface area contributed by atoms with E-state index in [4.69, 9.17) is 22.1 Å². The normalized spacial score (nSPS) is 12.2. The molecule has 1 unspecified atom stereocenters. The van der Waals surface area contributed by atoms with Crippen molar-refractivity contribution in [2.45, 2.75) is 25.8 Å². The molecule has 2 N–H and O–H groups in total. The van der Waals surface area contributed by atoms with Crippen LogP contribution in [-0.4, -0.2) is 6.61 Å². The third-order valence-electron chi connectivity index (χ3n) is 3.10. The molecule has 0 bridgehead atoms. The fourth-order valence-corrected chi connectivity index (χ4v) is 2.30. The maximum atomic E-state index is 6.28. The van der Waals surface area contributed by atoms with Crippen molar-refractivity contribution in [3.63, 3.8) is 0 Å². The molecule has 0 heterocycles. The first kappa shape index (κ1) is 14.9. The fraction of sp³-hybridized carbons (Fsp3) is 0.294. The van der Waals surface area contributed by atoms with E-state index in [0.29, 0.717) is 0 Å². The van der Waals surface area contributed by atoms with Crippen molar-refractivity contribution in [3.8, 4) is 5.75 Å². The summed E-state index contributed by atoms with van der Waals surface area (Å²) >= 11 is 6.00. The summed E-state index contributed by atoms with van der Waals surface area (Å²) in [6.07, 6.45) is 1.76. The molecule has 0 radical (unpaired) electrons. The monoisotopic (exact) mass is 289 g/mol. The van der Waals surface area contributed by atoms with Gasteiger partial charge in [0.1, 0.15) is 5.75 Å². The molecule has 2 aromatic carbocycles. The number of hydrogen-bond donors (Lipinski definition) is 1. The second-order valence-corrected chi connectivity index (χ2v) is 5.30.